The first-order chi connectivity index (χ1) is 7.13. The Morgan fingerprint density at radius 3 is 2.53 bits per heavy atom. The number of carbonyl (C=O) groups excluding carboxylic acids is 1. The molecule has 0 spiro atoms. The first-order valence-electron chi connectivity index (χ1n) is 6.08. The molecular formula is C12H26N2O. The summed E-state index contributed by atoms with van der Waals surface area (Å²) in [4.78, 5) is 13.7. The lowest BCUT2D eigenvalue weighted by atomic mass is 10.0. The van der Waals surface area contributed by atoms with Crippen LogP contribution in [0.25, 0.3) is 0 Å². The summed E-state index contributed by atoms with van der Waals surface area (Å²) in [5.74, 6) is 0.458. The number of nitrogens with two attached hydrogens (primary N) is 1. The molecule has 15 heavy (non-hydrogen) atoms. The van der Waals surface area contributed by atoms with Gasteiger partial charge in [0, 0.05) is 19.5 Å². The van der Waals surface area contributed by atoms with Crippen LogP contribution in [0, 0.1) is 5.92 Å². The van der Waals surface area contributed by atoms with Crippen molar-refractivity contribution in [3.05, 3.63) is 0 Å². The van der Waals surface area contributed by atoms with Gasteiger partial charge in [0.2, 0.25) is 5.91 Å². The van der Waals surface area contributed by atoms with Crippen molar-refractivity contribution in [3.8, 4) is 0 Å². The fourth-order valence-electron chi connectivity index (χ4n) is 1.71. The molecule has 0 aromatic heterocycles. The van der Waals surface area contributed by atoms with Crippen molar-refractivity contribution in [2.45, 2.75) is 46.0 Å². The Labute approximate surface area is 94.0 Å². The molecule has 0 aromatic carbocycles. The van der Waals surface area contributed by atoms with Crippen LogP contribution in [0.3, 0.4) is 0 Å². The molecule has 1 atom stereocenters. The number of amides is 1. The third-order valence-corrected chi connectivity index (χ3v) is 2.72. The Bertz CT molecular complexity index is 171. The predicted molar refractivity (Wildman–Crippen MR) is 64.6 cm³/mol. The quantitative estimate of drug-likeness (QED) is 0.628. The van der Waals surface area contributed by atoms with Crippen LogP contribution in [-0.4, -0.2) is 30.9 Å². The Hall–Kier alpha value is -0.570. The molecule has 0 bridgehead atoms. The lowest BCUT2D eigenvalue weighted by Crippen LogP contribution is -2.32. The highest BCUT2D eigenvalue weighted by atomic mass is 16.2. The van der Waals surface area contributed by atoms with Gasteiger partial charge < -0.3 is 10.6 Å². The fourth-order valence-corrected chi connectivity index (χ4v) is 1.71. The summed E-state index contributed by atoms with van der Waals surface area (Å²) in [7, 11) is 1.90. The van der Waals surface area contributed by atoms with Crippen molar-refractivity contribution >= 4 is 5.91 Å². The van der Waals surface area contributed by atoms with Crippen molar-refractivity contribution < 1.29 is 4.79 Å². The number of carbonyl (C=O) groups is 1. The molecule has 0 aliphatic heterocycles. The van der Waals surface area contributed by atoms with Gasteiger partial charge in [0.25, 0.3) is 0 Å². The second kappa shape index (κ2) is 8.72. The minimum absolute atomic E-state index is 0.175. The van der Waals surface area contributed by atoms with Crippen LogP contribution >= 0.6 is 0 Å². The standard InChI is InChI=1S/C12H26N2O/c1-4-8-11(2)12(15)14(3)10-7-5-6-9-13/h11H,4-10,13H2,1-3H3. The van der Waals surface area contributed by atoms with E-state index in [2.05, 4.69) is 6.92 Å². The molecule has 0 saturated carbocycles. The zero-order valence-electron chi connectivity index (χ0n) is 10.5. The number of rotatable bonds is 8. The van der Waals surface area contributed by atoms with E-state index in [9.17, 15) is 4.79 Å². The van der Waals surface area contributed by atoms with Gasteiger partial charge in [-0.3, -0.25) is 4.79 Å². The van der Waals surface area contributed by atoms with Crippen molar-refractivity contribution in [2.75, 3.05) is 20.1 Å². The summed E-state index contributed by atoms with van der Waals surface area (Å²) >= 11 is 0. The van der Waals surface area contributed by atoms with Gasteiger partial charge in [-0.25, -0.2) is 0 Å². The molecule has 0 radical (unpaired) electrons. The smallest absolute Gasteiger partial charge is 0.225 e. The molecule has 90 valence electrons. The van der Waals surface area contributed by atoms with Gasteiger partial charge in [-0.15, -0.1) is 0 Å². The van der Waals surface area contributed by atoms with Gasteiger partial charge >= 0.3 is 0 Å². The molecule has 3 nitrogen and oxygen atoms in total. The second-order valence-electron chi connectivity index (χ2n) is 4.30. The average Bonchev–Trinajstić information content (AvgIpc) is 2.23. The van der Waals surface area contributed by atoms with Gasteiger partial charge in [-0.1, -0.05) is 26.7 Å². The number of hydrogen-bond donors (Lipinski definition) is 1. The SMILES string of the molecule is CCCC(C)C(=O)N(C)CCCCCN. The largest absolute Gasteiger partial charge is 0.346 e. The highest BCUT2D eigenvalue weighted by Crippen LogP contribution is 2.09. The van der Waals surface area contributed by atoms with Gasteiger partial charge in [0.15, 0.2) is 0 Å². The van der Waals surface area contributed by atoms with E-state index in [4.69, 9.17) is 5.73 Å². The predicted octanol–water partition coefficient (Wildman–Crippen LogP) is 2.01. The maximum atomic E-state index is 11.8. The Morgan fingerprint density at radius 2 is 2.00 bits per heavy atom. The molecule has 0 rings (SSSR count). The maximum Gasteiger partial charge on any atom is 0.225 e. The van der Waals surface area contributed by atoms with Crippen molar-refractivity contribution in [3.63, 3.8) is 0 Å². The van der Waals surface area contributed by atoms with E-state index in [-0.39, 0.29) is 11.8 Å². The highest BCUT2D eigenvalue weighted by Gasteiger charge is 2.15. The van der Waals surface area contributed by atoms with Crippen LogP contribution in [0.1, 0.15) is 46.0 Å². The summed E-state index contributed by atoms with van der Waals surface area (Å²) in [5, 5.41) is 0. The first kappa shape index (κ1) is 14.4. The second-order valence-corrected chi connectivity index (χ2v) is 4.30. The van der Waals surface area contributed by atoms with E-state index in [0.717, 1.165) is 45.2 Å². The fraction of sp³-hybridized carbons (Fsp3) is 0.917. The summed E-state index contributed by atoms with van der Waals surface area (Å²) < 4.78 is 0. The molecule has 0 aliphatic carbocycles. The third-order valence-electron chi connectivity index (χ3n) is 2.72. The average molecular weight is 214 g/mol. The van der Waals surface area contributed by atoms with E-state index in [1.54, 1.807) is 0 Å². The monoisotopic (exact) mass is 214 g/mol. The van der Waals surface area contributed by atoms with E-state index in [0.29, 0.717) is 0 Å². The van der Waals surface area contributed by atoms with Crippen LogP contribution in [0.2, 0.25) is 0 Å². The highest BCUT2D eigenvalue weighted by molar-refractivity contribution is 5.78. The van der Waals surface area contributed by atoms with E-state index >= 15 is 0 Å². The van der Waals surface area contributed by atoms with E-state index in [1.165, 1.54) is 0 Å². The molecule has 0 heterocycles. The van der Waals surface area contributed by atoms with Gasteiger partial charge in [-0.05, 0) is 25.8 Å². The number of unbranched alkanes of at least 4 members (excludes halogenated alkanes) is 2. The molecule has 0 fully saturated rings. The molecule has 0 saturated heterocycles. The van der Waals surface area contributed by atoms with Crippen LogP contribution in [0.4, 0.5) is 0 Å². The lowest BCUT2D eigenvalue weighted by molar-refractivity contribution is -0.133. The van der Waals surface area contributed by atoms with Gasteiger partial charge in [0.05, 0.1) is 0 Å². The minimum atomic E-state index is 0.175. The minimum Gasteiger partial charge on any atom is -0.346 e. The molecule has 1 unspecified atom stereocenters. The molecular weight excluding hydrogens is 188 g/mol. The molecule has 3 heteroatoms. The van der Waals surface area contributed by atoms with Crippen LogP contribution in [0.15, 0.2) is 0 Å². The number of hydrogen-bond acceptors (Lipinski definition) is 2. The van der Waals surface area contributed by atoms with E-state index < -0.39 is 0 Å². The topological polar surface area (TPSA) is 46.3 Å². The van der Waals surface area contributed by atoms with Gasteiger partial charge in [0.1, 0.15) is 0 Å². The maximum absolute atomic E-state index is 11.8. The summed E-state index contributed by atoms with van der Waals surface area (Å²) in [6, 6.07) is 0. The normalized spacial score (nSPS) is 12.5. The summed E-state index contributed by atoms with van der Waals surface area (Å²) in [6.07, 6.45) is 5.32. The lowest BCUT2D eigenvalue weighted by Gasteiger charge is -2.21. The Balaban J connectivity index is 3.68. The van der Waals surface area contributed by atoms with Gasteiger partial charge in [-0.2, -0.15) is 0 Å². The third kappa shape index (κ3) is 6.50. The molecule has 2 N–H and O–H groups in total. The molecule has 0 aliphatic rings. The summed E-state index contributed by atoms with van der Waals surface area (Å²) in [5.41, 5.74) is 5.41. The van der Waals surface area contributed by atoms with Crippen molar-refractivity contribution in [1.82, 2.24) is 4.90 Å². The molecule has 1 amide bonds. The molecule has 0 aromatic rings. The van der Waals surface area contributed by atoms with Crippen LogP contribution in [0.5, 0.6) is 0 Å². The van der Waals surface area contributed by atoms with Crippen molar-refractivity contribution in [1.29, 1.82) is 0 Å². The number of nitrogens with zero attached hydrogens (tertiary/aromatic N) is 1. The van der Waals surface area contributed by atoms with Crippen LogP contribution in [-0.2, 0) is 4.79 Å². The zero-order chi connectivity index (χ0) is 11.7. The zero-order valence-corrected chi connectivity index (χ0v) is 10.5. The Morgan fingerprint density at radius 1 is 1.33 bits per heavy atom. The summed E-state index contributed by atoms with van der Waals surface area (Å²) in [6.45, 7) is 5.75. The Kier molecular flexibility index (Phi) is 8.38. The first-order valence-corrected chi connectivity index (χ1v) is 6.08. The van der Waals surface area contributed by atoms with Crippen molar-refractivity contribution in [2.24, 2.45) is 11.7 Å². The van der Waals surface area contributed by atoms with Crippen LogP contribution < -0.4 is 5.73 Å². The van der Waals surface area contributed by atoms with E-state index in [1.807, 2.05) is 18.9 Å².